The molecular formula is C23H20BrN3O2S. The molecule has 0 saturated carbocycles. The van der Waals surface area contributed by atoms with Crippen LogP contribution in [0.2, 0.25) is 0 Å². The molecule has 7 heteroatoms. The Kier molecular flexibility index (Phi) is 7.43. The maximum absolute atomic E-state index is 11.7. The molecule has 30 heavy (non-hydrogen) atoms. The summed E-state index contributed by atoms with van der Waals surface area (Å²) < 4.78 is 4.79. The Balaban J connectivity index is 0.00000256. The van der Waals surface area contributed by atoms with E-state index in [0.29, 0.717) is 5.17 Å². The summed E-state index contributed by atoms with van der Waals surface area (Å²) in [5.74, 6) is -0.141. The molecule has 4 aromatic rings. The summed E-state index contributed by atoms with van der Waals surface area (Å²) >= 11 is 1.30. The van der Waals surface area contributed by atoms with Crippen LogP contribution in [0.15, 0.2) is 83.9 Å². The number of anilines is 1. The number of methoxy groups -OCH3 is 1. The Morgan fingerprint density at radius 3 is 2.10 bits per heavy atom. The highest BCUT2D eigenvalue weighted by Gasteiger charge is 2.12. The van der Waals surface area contributed by atoms with Gasteiger partial charge in [-0.05, 0) is 24.3 Å². The number of nitrogens with one attached hydrogen (secondary N) is 1. The molecule has 5 nitrogen and oxygen atoms in total. The zero-order chi connectivity index (χ0) is 20.1. The Morgan fingerprint density at radius 2 is 1.50 bits per heavy atom. The number of carbonyl (C=O) groups excluding carboxylic acids is 1. The second-order valence-corrected chi connectivity index (χ2v) is 7.23. The maximum atomic E-state index is 11.7. The predicted molar refractivity (Wildman–Crippen MR) is 131 cm³/mol. The molecule has 0 atom stereocenters. The van der Waals surface area contributed by atoms with E-state index < -0.39 is 0 Å². The highest BCUT2D eigenvalue weighted by Crippen LogP contribution is 2.34. The number of rotatable bonds is 4. The zero-order valence-corrected chi connectivity index (χ0v) is 18.8. The van der Waals surface area contributed by atoms with Gasteiger partial charge in [0, 0.05) is 16.5 Å². The Hall–Kier alpha value is -2.90. The SMILES string of the molecule is Br.COC(=O)CSC(=Nc1c2ccccc2nc2ccccc12)Nc1ccccc1. The van der Waals surface area contributed by atoms with Gasteiger partial charge in [0.15, 0.2) is 5.17 Å². The van der Waals surface area contributed by atoms with Crippen LogP contribution in [0.4, 0.5) is 11.4 Å². The molecule has 0 amide bonds. The molecule has 0 fully saturated rings. The number of benzene rings is 3. The Morgan fingerprint density at radius 1 is 0.933 bits per heavy atom. The predicted octanol–water partition coefficient (Wildman–Crippen LogP) is 5.97. The number of esters is 1. The normalized spacial score (nSPS) is 11.2. The number of nitrogens with zero attached hydrogens (tertiary/aromatic N) is 2. The Bertz CT molecular complexity index is 1140. The van der Waals surface area contributed by atoms with E-state index in [1.165, 1.54) is 18.9 Å². The van der Waals surface area contributed by atoms with E-state index in [4.69, 9.17) is 14.7 Å². The topological polar surface area (TPSA) is 63.6 Å². The molecule has 4 rings (SSSR count). The van der Waals surface area contributed by atoms with Crippen molar-refractivity contribution in [3.63, 3.8) is 0 Å². The number of para-hydroxylation sites is 3. The van der Waals surface area contributed by atoms with Gasteiger partial charge in [0.1, 0.15) is 0 Å². The number of fused-ring (bicyclic) bond motifs is 2. The van der Waals surface area contributed by atoms with E-state index in [0.717, 1.165) is 33.2 Å². The van der Waals surface area contributed by atoms with E-state index in [-0.39, 0.29) is 28.7 Å². The lowest BCUT2D eigenvalue weighted by molar-refractivity contribution is -0.137. The first-order valence-corrected chi connectivity index (χ1v) is 10.1. The molecule has 3 aromatic carbocycles. The van der Waals surface area contributed by atoms with Crippen LogP contribution in [-0.2, 0) is 9.53 Å². The summed E-state index contributed by atoms with van der Waals surface area (Å²) in [6.45, 7) is 0. The molecule has 0 aliphatic heterocycles. The summed E-state index contributed by atoms with van der Waals surface area (Å²) in [7, 11) is 1.38. The van der Waals surface area contributed by atoms with Gasteiger partial charge in [-0.3, -0.25) is 4.79 Å². The third-order valence-corrected chi connectivity index (χ3v) is 5.20. The van der Waals surface area contributed by atoms with E-state index in [2.05, 4.69) is 5.32 Å². The third-order valence-electron chi connectivity index (χ3n) is 4.35. The van der Waals surface area contributed by atoms with Crippen molar-refractivity contribution < 1.29 is 9.53 Å². The molecule has 0 aliphatic rings. The van der Waals surface area contributed by atoms with Crippen LogP contribution in [-0.4, -0.2) is 29.0 Å². The number of hydrogen-bond donors (Lipinski definition) is 1. The van der Waals surface area contributed by atoms with Crippen LogP contribution in [0, 0.1) is 0 Å². The molecule has 0 spiro atoms. The lowest BCUT2D eigenvalue weighted by Gasteiger charge is -2.12. The summed E-state index contributed by atoms with van der Waals surface area (Å²) in [6.07, 6.45) is 0. The summed E-state index contributed by atoms with van der Waals surface area (Å²) in [5.41, 5.74) is 3.47. The largest absolute Gasteiger partial charge is 0.468 e. The molecular weight excluding hydrogens is 462 g/mol. The number of pyridine rings is 1. The van der Waals surface area contributed by atoms with E-state index in [1.54, 1.807) is 0 Å². The first-order chi connectivity index (χ1) is 14.2. The minimum absolute atomic E-state index is 0. The van der Waals surface area contributed by atoms with E-state index >= 15 is 0 Å². The maximum Gasteiger partial charge on any atom is 0.316 e. The molecule has 1 N–H and O–H groups in total. The second kappa shape index (κ2) is 10.2. The van der Waals surface area contributed by atoms with E-state index in [9.17, 15) is 4.79 Å². The van der Waals surface area contributed by atoms with Crippen LogP contribution in [0.1, 0.15) is 0 Å². The molecule has 0 unspecified atom stereocenters. The van der Waals surface area contributed by atoms with Crippen LogP contribution in [0.5, 0.6) is 0 Å². The van der Waals surface area contributed by atoms with Crippen LogP contribution in [0.3, 0.4) is 0 Å². The van der Waals surface area contributed by atoms with Gasteiger partial charge in [-0.2, -0.15) is 0 Å². The Labute approximate surface area is 189 Å². The van der Waals surface area contributed by atoms with Crippen molar-refractivity contribution in [1.29, 1.82) is 0 Å². The standard InChI is InChI=1S/C23H19N3O2S.BrH/c1-28-21(27)15-29-23(24-16-9-3-2-4-10-16)26-22-17-11-5-7-13-19(17)25-20-14-8-6-12-18(20)22;/h2-14H,15H2,1H3,(H,24,25,26);1H. The fraction of sp³-hybridized carbons (Fsp3) is 0.0870. The van der Waals surface area contributed by atoms with Crippen LogP contribution < -0.4 is 5.32 Å². The van der Waals surface area contributed by atoms with Crippen molar-refractivity contribution in [2.45, 2.75) is 0 Å². The number of aromatic nitrogens is 1. The zero-order valence-electron chi connectivity index (χ0n) is 16.2. The van der Waals surface area contributed by atoms with Crippen LogP contribution >= 0.6 is 28.7 Å². The van der Waals surface area contributed by atoms with Crippen molar-refractivity contribution in [2.75, 3.05) is 18.2 Å². The second-order valence-electron chi connectivity index (χ2n) is 6.27. The van der Waals surface area contributed by atoms with Crippen molar-refractivity contribution in [3.8, 4) is 0 Å². The van der Waals surface area contributed by atoms with Crippen molar-refractivity contribution in [1.82, 2.24) is 4.98 Å². The minimum atomic E-state index is -0.304. The van der Waals surface area contributed by atoms with Crippen molar-refractivity contribution in [3.05, 3.63) is 78.9 Å². The third kappa shape index (κ3) is 4.98. The average Bonchev–Trinajstić information content (AvgIpc) is 2.77. The number of thioether (sulfide) groups is 1. The quantitative estimate of drug-likeness (QED) is 0.168. The molecule has 152 valence electrons. The van der Waals surface area contributed by atoms with Gasteiger partial charge in [-0.25, -0.2) is 9.98 Å². The minimum Gasteiger partial charge on any atom is -0.468 e. The number of halogens is 1. The van der Waals surface area contributed by atoms with Gasteiger partial charge in [0.25, 0.3) is 0 Å². The fourth-order valence-electron chi connectivity index (χ4n) is 2.97. The summed E-state index contributed by atoms with van der Waals surface area (Å²) in [5, 5.41) is 5.85. The van der Waals surface area contributed by atoms with Gasteiger partial charge < -0.3 is 10.1 Å². The monoisotopic (exact) mass is 481 g/mol. The lowest BCUT2D eigenvalue weighted by atomic mass is 10.1. The fourth-order valence-corrected chi connectivity index (χ4v) is 3.69. The van der Waals surface area contributed by atoms with Gasteiger partial charge in [-0.1, -0.05) is 66.4 Å². The molecule has 0 aliphatic carbocycles. The van der Waals surface area contributed by atoms with Crippen molar-refractivity contribution in [2.24, 2.45) is 4.99 Å². The van der Waals surface area contributed by atoms with Gasteiger partial charge in [-0.15, -0.1) is 17.0 Å². The lowest BCUT2D eigenvalue weighted by Crippen LogP contribution is -2.12. The molecule has 0 saturated heterocycles. The first-order valence-electron chi connectivity index (χ1n) is 9.12. The van der Waals surface area contributed by atoms with Gasteiger partial charge in [0.05, 0.1) is 29.6 Å². The first kappa shape index (κ1) is 21.8. The smallest absolute Gasteiger partial charge is 0.316 e. The summed E-state index contributed by atoms with van der Waals surface area (Å²) in [6, 6.07) is 25.6. The van der Waals surface area contributed by atoms with Gasteiger partial charge >= 0.3 is 5.97 Å². The highest BCUT2D eigenvalue weighted by molar-refractivity contribution is 8.93. The number of hydrogen-bond acceptors (Lipinski definition) is 5. The molecule has 1 heterocycles. The summed E-state index contributed by atoms with van der Waals surface area (Å²) in [4.78, 5) is 21.4. The number of carbonyl (C=O) groups is 1. The highest BCUT2D eigenvalue weighted by atomic mass is 79.9. The van der Waals surface area contributed by atoms with Crippen LogP contribution in [0.25, 0.3) is 21.8 Å². The average molecular weight is 482 g/mol. The molecule has 0 radical (unpaired) electrons. The number of amidine groups is 1. The number of ether oxygens (including phenoxy) is 1. The van der Waals surface area contributed by atoms with Gasteiger partial charge in [0.2, 0.25) is 0 Å². The van der Waals surface area contributed by atoms with E-state index in [1.807, 2.05) is 78.9 Å². The van der Waals surface area contributed by atoms with Crippen molar-refractivity contribution >= 4 is 73.1 Å². The molecule has 0 bridgehead atoms. The molecule has 1 aromatic heterocycles. The number of aliphatic imine (C=N–C) groups is 1.